The third kappa shape index (κ3) is 5.70. The Morgan fingerprint density at radius 1 is 1.02 bits per heavy atom. The lowest BCUT2D eigenvalue weighted by atomic mass is 9.52. The number of rotatable bonds is 7. The van der Waals surface area contributed by atoms with E-state index >= 15 is 0 Å². The Bertz CT molecular complexity index is 1190. The van der Waals surface area contributed by atoms with E-state index in [0.717, 1.165) is 35.5 Å². The molecular formula is C35H47N3O2. The van der Waals surface area contributed by atoms with Crippen molar-refractivity contribution >= 4 is 0 Å². The molecule has 0 N–H and O–H groups in total. The van der Waals surface area contributed by atoms with Crippen molar-refractivity contribution in [3.05, 3.63) is 95.3 Å². The molecule has 2 aromatic carbocycles. The highest BCUT2D eigenvalue weighted by Gasteiger charge is 2.53. The zero-order valence-electron chi connectivity index (χ0n) is 25.1. The smallest absolute Gasteiger partial charge is 0.132 e. The van der Waals surface area contributed by atoms with Gasteiger partial charge in [-0.25, -0.2) is 0 Å². The van der Waals surface area contributed by atoms with Gasteiger partial charge in [0.25, 0.3) is 0 Å². The molecule has 0 amide bonds. The first-order chi connectivity index (χ1) is 19.4. The van der Waals surface area contributed by atoms with Crippen LogP contribution in [-0.2, 0) is 22.2 Å². The van der Waals surface area contributed by atoms with Gasteiger partial charge in [0.15, 0.2) is 0 Å². The predicted octanol–water partition coefficient (Wildman–Crippen LogP) is 6.31. The summed E-state index contributed by atoms with van der Waals surface area (Å²) in [7, 11) is 8.21. The summed E-state index contributed by atoms with van der Waals surface area (Å²) in [5.41, 5.74) is 5.21. The molecule has 214 valence electrons. The topological polar surface area (TPSA) is 37.8 Å². The lowest BCUT2D eigenvalue weighted by Gasteiger charge is -2.58. The summed E-state index contributed by atoms with van der Waals surface area (Å²) < 4.78 is 11.7. The highest BCUT2D eigenvalue weighted by Crippen LogP contribution is 2.55. The fourth-order valence-corrected chi connectivity index (χ4v) is 7.44. The number of hydrogen-bond acceptors (Lipinski definition) is 5. The molecule has 1 saturated heterocycles. The third-order valence-corrected chi connectivity index (χ3v) is 9.73. The number of likely N-dealkylation sites (tertiary alicyclic amines) is 1. The van der Waals surface area contributed by atoms with Gasteiger partial charge in [-0.15, -0.1) is 0 Å². The van der Waals surface area contributed by atoms with Crippen LogP contribution in [0.25, 0.3) is 0 Å². The van der Waals surface area contributed by atoms with Gasteiger partial charge in [0, 0.05) is 24.2 Å². The van der Waals surface area contributed by atoms with E-state index in [1.54, 1.807) is 18.2 Å². The summed E-state index contributed by atoms with van der Waals surface area (Å²) in [6.07, 6.45) is 10.0. The second-order valence-corrected chi connectivity index (χ2v) is 12.3. The van der Waals surface area contributed by atoms with E-state index in [9.17, 15) is 0 Å². The molecular weight excluding hydrogens is 494 g/mol. The van der Waals surface area contributed by atoms with Crippen LogP contribution in [-0.4, -0.2) is 68.8 Å². The normalized spacial score (nSPS) is 25.1. The first-order valence-electron chi connectivity index (χ1n) is 15.0. The Morgan fingerprint density at radius 2 is 1.82 bits per heavy atom. The second kappa shape index (κ2) is 12.4. The maximum absolute atomic E-state index is 6.21. The van der Waals surface area contributed by atoms with Crippen LogP contribution in [0.1, 0.15) is 61.4 Å². The van der Waals surface area contributed by atoms with E-state index in [1.807, 2.05) is 56.7 Å². The molecule has 5 heteroatoms. The molecule has 3 aromatic rings. The first kappa shape index (κ1) is 28.8. The molecule has 1 aliphatic heterocycles. The van der Waals surface area contributed by atoms with Crippen LogP contribution < -0.4 is 4.74 Å². The highest BCUT2D eigenvalue weighted by atomic mass is 16.5. The largest absolute Gasteiger partial charge is 0.497 e. The zero-order chi connectivity index (χ0) is 28.2. The van der Waals surface area contributed by atoms with Crippen LogP contribution >= 0.6 is 0 Å². The molecule has 2 heterocycles. The van der Waals surface area contributed by atoms with Crippen molar-refractivity contribution in [2.24, 2.45) is 5.92 Å². The lowest BCUT2D eigenvalue weighted by molar-refractivity contribution is -0.0131. The van der Waals surface area contributed by atoms with Crippen LogP contribution in [0.15, 0.2) is 72.9 Å². The van der Waals surface area contributed by atoms with E-state index in [1.165, 1.54) is 45.1 Å². The molecule has 0 radical (unpaired) electrons. The molecule has 1 unspecified atom stereocenters. The molecule has 2 aliphatic carbocycles. The van der Waals surface area contributed by atoms with Crippen molar-refractivity contribution in [3.63, 3.8) is 0 Å². The predicted molar refractivity (Wildman–Crippen MR) is 163 cm³/mol. The van der Waals surface area contributed by atoms with Crippen LogP contribution in [0.4, 0.5) is 0 Å². The Morgan fingerprint density at radius 3 is 2.55 bits per heavy atom. The number of aromatic nitrogens is 1. The fraction of sp³-hybridized carbons (Fsp3) is 0.514. The standard InChI is InChI=1S/C18H25NO.C17H22N2O/c1-19-10-9-18-8-4-3-5-15(18)17(19)11-13-6-7-14(20-2)12-16(13)18;1-17(20-14-13-19(2)3,15-9-5-4-6-10-15)16-11-7-8-12-18-16/h6-7,12,15,17H,3-5,8-11H2,1-2H3;4-12H,13-14H2,1-3H3/t15-,17+,18+;/m1./s1. The number of fused-ring (bicyclic) bond motifs is 1. The number of benzene rings is 2. The van der Waals surface area contributed by atoms with Crippen molar-refractivity contribution in [1.82, 2.24) is 14.8 Å². The molecule has 3 aliphatic rings. The maximum Gasteiger partial charge on any atom is 0.132 e. The van der Waals surface area contributed by atoms with Gasteiger partial charge in [-0.05, 0) is 107 Å². The molecule has 4 atom stereocenters. The monoisotopic (exact) mass is 541 g/mol. The fourth-order valence-electron chi connectivity index (χ4n) is 7.44. The van der Waals surface area contributed by atoms with E-state index in [2.05, 4.69) is 59.1 Å². The van der Waals surface area contributed by atoms with Gasteiger partial charge in [-0.1, -0.05) is 55.3 Å². The Kier molecular flexibility index (Phi) is 8.94. The van der Waals surface area contributed by atoms with Gasteiger partial charge in [0.2, 0.25) is 0 Å². The average Bonchev–Trinajstić information content (AvgIpc) is 2.99. The van der Waals surface area contributed by atoms with Gasteiger partial charge in [0.05, 0.1) is 19.4 Å². The minimum absolute atomic E-state index is 0.456. The molecule has 1 saturated carbocycles. The minimum Gasteiger partial charge on any atom is -0.497 e. The highest BCUT2D eigenvalue weighted by molar-refractivity contribution is 5.45. The first-order valence-corrected chi connectivity index (χ1v) is 15.0. The SMILES string of the molecule is CN(C)CCOC(C)(c1ccccc1)c1ccccn1.COc1ccc2c(c1)[C@]13CCCC[C@@H]1[C@H](C2)N(C)CC3. The van der Waals surface area contributed by atoms with Crippen molar-refractivity contribution in [1.29, 1.82) is 0 Å². The van der Waals surface area contributed by atoms with E-state index in [0.29, 0.717) is 12.0 Å². The third-order valence-electron chi connectivity index (χ3n) is 9.73. The number of nitrogens with zero attached hydrogens (tertiary/aromatic N) is 3. The van der Waals surface area contributed by atoms with Crippen molar-refractivity contribution < 1.29 is 9.47 Å². The summed E-state index contributed by atoms with van der Waals surface area (Å²) in [6, 6.07) is 23.8. The lowest BCUT2D eigenvalue weighted by Crippen LogP contribution is -2.59. The molecule has 40 heavy (non-hydrogen) atoms. The molecule has 6 rings (SSSR count). The zero-order valence-corrected chi connectivity index (χ0v) is 25.1. The average molecular weight is 542 g/mol. The van der Waals surface area contributed by atoms with E-state index in [-0.39, 0.29) is 0 Å². The quantitative estimate of drug-likeness (QED) is 0.351. The van der Waals surface area contributed by atoms with Crippen molar-refractivity contribution in [2.75, 3.05) is 47.9 Å². The minimum atomic E-state index is -0.515. The summed E-state index contributed by atoms with van der Waals surface area (Å²) in [5, 5.41) is 0. The summed E-state index contributed by atoms with van der Waals surface area (Å²) >= 11 is 0. The van der Waals surface area contributed by atoms with Crippen molar-refractivity contribution in [3.8, 4) is 5.75 Å². The molecule has 0 spiro atoms. The number of hydrogen-bond donors (Lipinski definition) is 0. The van der Waals surface area contributed by atoms with Crippen LogP contribution in [0, 0.1) is 5.92 Å². The molecule has 2 bridgehead atoms. The molecule has 5 nitrogen and oxygen atoms in total. The van der Waals surface area contributed by atoms with Gasteiger partial charge in [-0.3, -0.25) is 4.98 Å². The molecule has 2 fully saturated rings. The van der Waals surface area contributed by atoms with Gasteiger partial charge < -0.3 is 19.3 Å². The summed E-state index contributed by atoms with van der Waals surface area (Å²) in [4.78, 5) is 9.23. The van der Waals surface area contributed by atoms with Crippen molar-refractivity contribution in [2.45, 2.75) is 62.5 Å². The Labute approximate surface area is 241 Å². The number of ether oxygens (including phenoxy) is 2. The summed E-state index contributed by atoms with van der Waals surface area (Å²) in [5.74, 6) is 1.91. The number of piperidine rings is 1. The van der Waals surface area contributed by atoms with Crippen LogP contribution in [0.5, 0.6) is 5.75 Å². The second-order valence-electron chi connectivity index (χ2n) is 12.3. The van der Waals surface area contributed by atoms with Gasteiger partial charge in [0.1, 0.15) is 11.4 Å². The van der Waals surface area contributed by atoms with E-state index in [4.69, 9.17) is 9.47 Å². The van der Waals surface area contributed by atoms with Gasteiger partial charge >= 0.3 is 0 Å². The molecule has 1 aromatic heterocycles. The number of methoxy groups -OCH3 is 1. The van der Waals surface area contributed by atoms with E-state index < -0.39 is 5.60 Å². The maximum atomic E-state index is 6.21. The summed E-state index contributed by atoms with van der Waals surface area (Å²) in [6.45, 7) is 4.89. The Balaban J connectivity index is 0.000000161. The van der Waals surface area contributed by atoms with Gasteiger partial charge in [-0.2, -0.15) is 0 Å². The number of likely N-dealkylation sites (N-methyl/N-ethyl adjacent to an activating group) is 2. The number of pyridine rings is 1. The van der Waals surface area contributed by atoms with Crippen LogP contribution in [0.3, 0.4) is 0 Å². The van der Waals surface area contributed by atoms with Crippen LogP contribution in [0.2, 0.25) is 0 Å². The Hall–Kier alpha value is -2.73.